The van der Waals surface area contributed by atoms with E-state index in [1.54, 1.807) is 0 Å². The van der Waals surface area contributed by atoms with Gasteiger partial charge in [-0.05, 0) is 22.9 Å². The van der Waals surface area contributed by atoms with Crippen molar-refractivity contribution >= 4 is 22.2 Å². The lowest BCUT2D eigenvalue weighted by atomic mass is 10.6. The Kier molecular flexibility index (Phi) is 2.16. The standard InChI is InChI=1S/C5H6BrN3O/c1-2-9-4(3-10)7-5(6)8-9/h3H,2H2,1H3. The molecule has 1 aromatic rings. The fraction of sp³-hybridized carbons (Fsp3) is 0.400. The maximum Gasteiger partial charge on any atom is 0.217 e. The highest BCUT2D eigenvalue weighted by molar-refractivity contribution is 9.10. The van der Waals surface area contributed by atoms with Gasteiger partial charge < -0.3 is 0 Å². The molecule has 4 nitrogen and oxygen atoms in total. The Morgan fingerprint density at radius 1 is 1.80 bits per heavy atom. The Morgan fingerprint density at radius 2 is 2.50 bits per heavy atom. The molecule has 0 aromatic carbocycles. The van der Waals surface area contributed by atoms with Gasteiger partial charge in [0.15, 0.2) is 12.1 Å². The van der Waals surface area contributed by atoms with Crippen molar-refractivity contribution in [2.45, 2.75) is 13.5 Å². The molecule has 0 saturated carbocycles. The second-order valence-electron chi connectivity index (χ2n) is 1.67. The molecule has 1 rings (SSSR count). The highest BCUT2D eigenvalue weighted by Gasteiger charge is 2.03. The van der Waals surface area contributed by atoms with Gasteiger partial charge in [0.05, 0.1) is 0 Å². The Hall–Kier alpha value is -0.710. The summed E-state index contributed by atoms with van der Waals surface area (Å²) in [7, 11) is 0. The first-order chi connectivity index (χ1) is 4.77. The molecule has 0 unspecified atom stereocenters. The largest absolute Gasteiger partial charge is 0.294 e. The summed E-state index contributed by atoms with van der Waals surface area (Å²) < 4.78 is 1.98. The quantitative estimate of drug-likeness (QED) is 0.671. The van der Waals surface area contributed by atoms with Crippen molar-refractivity contribution < 1.29 is 4.79 Å². The van der Waals surface area contributed by atoms with E-state index < -0.39 is 0 Å². The summed E-state index contributed by atoms with van der Waals surface area (Å²) in [5.41, 5.74) is 0. The normalized spacial score (nSPS) is 9.80. The number of carbonyl (C=O) groups excluding carboxylic acids is 1. The van der Waals surface area contributed by atoms with Gasteiger partial charge in [0.2, 0.25) is 4.73 Å². The number of rotatable bonds is 2. The third-order valence-electron chi connectivity index (χ3n) is 1.08. The molecule has 0 N–H and O–H groups in total. The number of aromatic nitrogens is 3. The zero-order chi connectivity index (χ0) is 7.56. The summed E-state index contributed by atoms with van der Waals surface area (Å²) in [6.07, 6.45) is 0.682. The van der Waals surface area contributed by atoms with E-state index >= 15 is 0 Å². The number of hydrogen-bond donors (Lipinski definition) is 0. The van der Waals surface area contributed by atoms with E-state index in [0.717, 1.165) is 0 Å². The number of nitrogens with zero attached hydrogens (tertiary/aromatic N) is 3. The van der Waals surface area contributed by atoms with Crippen molar-refractivity contribution in [1.29, 1.82) is 0 Å². The van der Waals surface area contributed by atoms with Crippen LogP contribution < -0.4 is 0 Å². The lowest BCUT2D eigenvalue weighted by Gasteiger charge is -1.91. The second kappa shape index (κ2) is 2.92. The molecule has 54 valence electrons. The summed E-state index contributed by atoms with van der Waals surface area (Å²) in [4.78, 5) is 14.1. The first-order valence-electron chi connectivity index (χ1n) is 2.83. The third kappa shape index (κ3) is 1.23. The molecule has 0 aliphatic rings. The van der Waals surface area contributed by atoms with Crippen LogP contribution in [0, 0.1) is 0 Å². The lowest BCUT2D eigenvalue weighted by molar-refractivity contribution is 0.111. The van der Waals surface area contributed by atoms with Crippen molar-refractivity contribution in [1.82, 2.24) is 14.8 Å². The maximum atomic E-state index is 10.3. The molecule has 1 heterocycles. The fourth-order valence-corrected chi connectivity index (χ4v) is 1.02. The van der Waals surface area contributed by atoms with Gasteiger partial charge in [-0.1, -0.05) is 0 Å². The molecule has 0 saturated heterocycles. The van der Waals surface area contributed by atoms with Gasteiger partial charge in [0.25, 0.3) is 0 Å². The van der Waals surface area contributed by atoms with Crippen LogP contribution >= 0.6 is 15.9 Å². The highest BCUT2D eigenvalue weighted by atomic mass is 79.9. The number of aldehydes is 1. The average Bonchev–Trinajstić information content (AvgIpc) is 2.30. The van der Waals surface area contributed by atoms with Crippen molar-refractivity contribution in [3.63, 3.8) is 0 Å². The number of hydrogen-bond acceptors (Lipinski definition) is 3. The Bertz CT molecular complexity index is 245. The zero-order valence-electron chi connectivity index (χ0n) is 5.41. The molecular formula is C5H6BrN3O. The number of aryl methyl sites for hydroxylation is 1. The van der Waals surface area contributed by atoms with Crippen LogP contribution in [0.3, 0.4) is 0 Å². The molecule has 0 atom stereocenters. The molecule has 0 spiro atoms. The molecule has 5 heteroatoms. The smallest absolute Gasteiger partial charge is 0.217 e. The molecule has 10 heavy (non-hydrogen) atoms. The second-order valence-corrected chi connectivity index (χ2v) is 2.38. The van der Waals surface area contributed by atoms with Gasteiger partial charge in [0, 0.05) is 6.54 Å². The zero-order valence-corrected chi connectivity index (χ0v) is 7.00. The minimum atomic E-state index is 0.356. The van der Waals surface area contributed by atoms with Crippen molar-refractivity contribution in [2.24, 2.45) is 0 Å². The minimum Gasteiger partial charge on any atom is -0.294 e. The van der Waals surface area contributed by atoms with Crippen LogP contribution in [-0.2, 0) is 6.54 Å². The summed E-state index contributed by atoms with van der Waals surface area (Å²) in [5.74, 6) is 0.356. The van der Waals surface area contributed by atoms with Crippen molar-refractivity contribution in [3.05, 3.63) is 10.6 Å². The van der Waals surface area contributed by atoms with Crippen LogP contribution in [0.4, 0.5) is 0 Å². The van der Waals surface area contributed by atoms with Gasteiger partial charge in [-0.25, -0.2) is 4.68 Å². The van der Waals surface area contributed by atoms with E-state index in [4.69, 9.17) is 0 Å². The van der Waals surface area contributed by atoms with E-state index in [1.165, 1.54) is 4.68 Å². The summed E-state index contributed by atoms with van der Waals surface area (Å²) in [6, 6.07) is 0. The van der Waals surface area contributed by atoms with E-state index in [1.807, 2.05) is 6.92 Å². The Morgan fingerprint density at radius 3 is 2.90 bits per heavy atom. The summed E-state index contributed by atoms with van der Waals surface area (Å²) >= 11 is 3.06. The van der Waals surface area contributed by atoms with E-state index in [9.17, 15) is 4.79 Å². The van der Waals surface area contributed by atoms with Gasteiger partial charge in [-0.15, -0.1) is 5.10 Å². The first-order valence-corrected chi connectivity index (χ1v) is 3.62. The maximum absolute atomic E-state index is 10.3. The monoisotopic (exact) mass is 203 g/mol. The molecule has 1 aromatic heterocycles. The van der Waals surface area contributed by atoms with Crippen LogP contribution in [0.15, 0.2) is 4.73 Å². The lowest BCUT2D eigenvalue weighted by Crippen LogP contribution is -2.01. The van der Waals surface area contributed by atoms with Gasteiger partial charge in [-0.3, -0.25) is 4.79 Å². The fourth-order valence-electron chi connectivity index (χ4n) is 0.645. The van der Waals surface area contributed by atoms with Gasteiger partial charge >= 0.3 is 0 Å². The van der Waals surface area contributed by atoms with Crippen LogP contribution in [-0.4, -0.2) is 21.1 Å². The molecule has 0 radical (unpaired) electrons. The van der Waals surface area contributed by atoms with Gasteiger partial charge in [0.1, 0.15) is 0 Å². The minimum absolute atomic E-state index is 0.356. The van der Waals surface area contributed by atoms with E-state index in [-0.39, 0.29) is 0 Å². The molecular weight excluding hydrogens is 198 g/mol. The third-order valence-corrected chi connectivity index (χ3v) is 1.42. The van der Waals surface area contributed by atoms with E-state index in [0.29, 0.717) is 23.4 Å². The summed E-state index contributed by atoms with van der Waals surface area (Å²) in [5, 5.41) is 3.89. The molecule has 0 fully saturated rings. The van der Waals surface area contributed by atoms with E-state index in [2.05, 4.69) is 26.0 Å². The molecule has 0 bridgehead atoms. The molecule has 0 aliphatic heterocycles. The first kappa shape index (κ1) is 7.40. The summed E-state index contributed by atoms with van der Waals surface area (Å²) in [6.45, 7) is 2.56. The topological polar surface area (TPSA) is 47.8 Å². The predicted molar refractivity (Wildman–Crippen MR) is 38.8 cm³/mol. The Labute approximate surface area is 66.4 Å². The predicted octanol–water partition coefficient (Wildman–Crippen LogP) is 0.873. The average molecular weight is 204 g/mol. The highest BCUT2D eigenvalue weighted by Crippen LogP contribution is 2.02. The Balaban J connectivity index is 3.08. The number of carbonyl (C=O) groups is 1. The van der Waals surface area contributed by atoms with Crippen LogP contribution in [0.5, 0.6) is 0 Å². The SMILES string of the molecule is CCn1nc(Br)nc1C=O. The van der Waals surface area contributed by atoms with Crippen LogP contribution in [0.1, 0.15) is 17.5 Å². The van der Waals surface area contributed by atoms with Crippen LogP contribution in [0.2, 0.25) is 0 Å². The number of halogens is 1. The molecule has 0 aliphatic carbocycles. The van der Waals surface area contributed by atoms with Crippen LogP contribution in [0.25, 0.3) is 0 Å². The van der Waals surface area contributed by atoms with Crippen molar-refractivity contribution in [3.8, 4) is 0 Å². The molecule has 0 amide bonds. The van der Waals surface area contributed by atoms with Crippen molar-refractivity contribution in [2.75, 3.05) is 0 Å². The van der Waals surface area contributed by atoms with Gasteiger partial charge in [-0.2, -0.15) is 4.98 Å².